The van der Waals surface area contributed by atoms with Gasteiger partial charge in [-0.25, -0.2) is 9.59 Å². The third kappa shape index (κ3) is 7.90. The average Bonchev–Trinajstić information content (AvgIpc) is 3.03. The second-order valence-corrected chi connectivity index (χ2v) is 10.7. The van der Waals surface area contributed by atoms with E-state index in [9.17, 15) is 19.5 Å². The molecule has 1 aliphatic rings. The first-order valence-corrected chi connectivity index (χ1v) is 14.2. The van der Waals surface area contributed by atoms with Crippen LogP contribution in [0.2, 0.25) is 0 Å². The third-order valence-electron chi connectivity index (χ3n) is 7.41. The molecule has 0 unspecified atom stereocenters. The molecular formula is C32H39N5O7. The summed E-state index contributed by atoms with van der Waals surface area (Å²) < 4.78 is 16.7. The number of benzene rings is 3. The minimum absolute atomic E-state index is 0.189. The molecule has 0 spiro atoms. The van der Waals surface area contributed by atoms with Crippen LogP contribution in [-0.4, -0.2) is 86.0 Å². The lowest BCUT2D eigenvalue weighted by molar-refractivity contribution is 0.0371. The van der Waals surface area contributed by atoms with E-state index >= 15 is 0 Å². The van der Waals surface area contributed by atoms with Gasteiger partial charge in [0.05, 0.1) is 39.0 Å². The van der Waals surface area contributed by atoms with E-state index in [1.165, 1.54) is 4.90 Å². The van der Waals surface area contributed by atoms with Crippen LogP contribution in [0.15, 0.2) is 66.7 Å². The summed E-state index contributed by atoms with van der Waals surface area (Å²) in [6.07, 6.45) is -0.487. The number of fused-ring (bicyclic) bond motifs is 1. The number of hydrogen-bond acceptors (Lipinski definition) is 7. The number of urea groups is 2. The summed E-state index contributed by atoms with van der Waals surface area (Å²) in [7, 11) is 4.80. The second kappa shape index (κ2) is 14.5. The van der Waals surface area contributed by atoms with Crippen molar-refractivity contribution < 1.29 is 33.7 Å². The molecule has 1 heterocycles. The molecule has 3 atom stereocenters. The zero-order valence-corrected chi connectivity index (χ0v) is 25.5. The summed E-state index contributed by atoms with van der Waals surface area (Å²) >= 11 is 0. The maximum Gasteiger partial charge on any atom is 0.323 e. The summed E-state index contributed by atoms with van der Waals surface area (Å²) in [4.78, 5) is 42.6. The van der Waals surface area contributed by atoms with E-state index in [0.29, 0.717) is 34.3 Å². The van der Waals surface area contributed by atoms with Crippen LogP contribution in [-0.2, 0) is 0 Å². The van der Waals surface area contributed by atoms with Gasteiger partial charge in [-0.2, -0.15) is 0 Å². The number of aliphatic hydroxyl groups is 1. The van der Waals surface area contributed by atoms with Crippen LogP contribution < -0.4 is 30.2 Å². The maximum absolute atomic E-state index is 13.7. The summed E-state index contributed by atoms with van der Waals surface area (Å²) in [6.45, 7) is 3.98. The number of carbonyl (C=O) groups excluding carboxylic acids is 3. The predicted molar refractivity (Wildman–Crippen MR) is 168 cm³/mol. The molecule has 12 heteroatoms. The van der Waals surface area contributed by atoms with Gasteiger partial charge in [-0.3, -0.25) is 4.79 Å². The van der Waals surface area contributed by atoms with Crippen molar-refractivity contribution in [2.24, 2.45) is 5.92 Å². The molecule has 44 heavy (non-hydrogen) atoms. The number of anilines is 3. The quantitative estimate of drug-likeness (QED) is 0.276. The first kappa shape index (κ1) is 32.0. The summed E-state index contributed by atoms with van der Waals surface area (Å²) in [5, 5.41) is 18.3. The molecule has 3 aromatic carbocycles. The van der Waals surface area contributed by atoms with Gasteiger partial charge in [-0.1, -0.05) is 6.92 Å². The average molecular weight is 606 g/mol. The topological polar surface area (TPSA) is 142 Å². The highest BCUT2D eigenvalue weighted by atomic mass is 16.5. The zero-order valence-electron chi connectivity index (χ0n) is 25.5. The molecule has 4 rings (SSSR count). The Balaban J connectivity index is 1.52. The van der Waals surface area contributed by atoms with Gasteiger partial charge >= 0.3 is 12.1 Å². The van der Waals surface area contributed by atoms with Crippen LogP contribution in [0.4, 0.5) is 26.7 Å². The molecule has 0 radical (unpaired) electrons. The maximum atomic E-state index is 13.7. The monoisotopic (exact) mass is 605 g/mol. The number of nitrogens with one attached hydrogen (secondary N) is 3. The fourth-order valence-electron chi connectivity index (χ4n) is 4.73. The van der Waals surface area contributed by atoms with Crippen molar-refractivity contribution in [2.75, 3.05) is 56.9 Å². The van der Waals surface area contributed by atoms with E-state index in [4.69, 9.17) is 14.2 Å². The lowest BCUT2D eigenvalue weighted by Crippen LogP contribution is -2.50. The Bertz CT molecular complexity index is 1450. The Labute approximate surface area is 256 Å². The summed E-state index contributed by atoms with van der Waals surface area (Å²) in [5.74, 6) is 1.13. The van der Waals surface area contributed by atoms with Crippen LogP contribution in [0.5, 0.6) is 17.2 Å². The predicted octanol–water partition coefficient (Wildman–Crippen LogP) is 4.73. The van der Waals surface area contributed by atoms with Gasteiger partial charge in [0.15, 0.2) is 0 Å². The van der Waals surface area contributed by atoms with Gasteiger partial charge in [0.1, 0.15) is 23.4 Å². The highest BCUT2D eigenvalue weighted by Gasteiger charge is 2.34. The lowest BCUT2D eigenvalue weighted by Gasteiger charge is -2.38. The molecule has 0 aliphatic carbocycles. The first-order valence-electron chi connectivity index (χ1n) is 14.2. The molecule has 4 N–H and O–H groups in total. The van der Waals surface area contributed by atoms with E-state index in [1.807, 2.05) is 6.92 Å². The van der Waals surface area contributed by atoms with E-state index in [0.717, 1.165) is 0 Å². The Kier molecular flexibility index (Phi) is 10.5. The zero-order chi connectivity index (χ0) is 31.8. The fraction of sp³-hybridized carbons (Fsp3) is 0.344. The van der Waals surface area contributed by atoms with Crippen LogP contribution >= 0.6 is 0 Å². The molecule has 0 bridgehead atoms. The number of aliphatic hydroxyl groups excluding tert-OH is 1. The molecular weight excluding hydrogens is 566 g/mol. The lowest BCUT2D eigenvalue weighted by atomic mass is 9.99. The van der Waals surface area contributed by atoms with Crippen molar-refractivity contribution in [2.45, 2.75) is 26.0 Å². The van der Waals surface area contributed by atoms with Crippen LogP contribution in [0.25, 0.3) is 0 Å². The third-order valence-corrected chi connectivity index (χ3v) is 7.41. The normalized spacial score (nSPS) is 16.8. The molecule has 0 saturated carbocycles. The fourth-order valence-corrected chi connectivity index (χ4v) is 4.73. The Morgan fingerprint density at radius 3 is 2.07 bits per heavy atom. The molecule has 234 valence electrons. The van der Waals surface area contributed by atoms with Crippen molar-refractivity contribution in [1.29, 1.82) is 0 Å². The number of carbonyl (C=O) groups is 3. The van der Waals surface area contributed by atoms with Crippen LogP contribution in [0.3, 0.4) is 0 Å². The largest absolute Gasteiger partial charge is 0.497 e. The molecule has 3 aromatic rings. The van der Waals surface area contributed by atoms with Crippen LogP contribution in [0.1, 0.15) is 24.2 Å². The number of nitrogens with zero attached hydrogens (tertiary/aromatic N) is 2. The summed E-state index contributed by atoms with van der Waals surface area (Å²) in [6, 6.07) is 17.4. The number of amides is 5. The first-order chi connectivity index (χ1) is 21.1. The minimum atomic E-state index is -0.495. The van der Waals surface area contributed by atoms with Gasteiger partial charge in [-0.15, -0.1) is 0 Å². The molecule has 0 saturated heterocycles. The number of methoxy groups -OCH3 is 2. The van der Waals surface area contributed by atoms with Gasteiger partial charge in [0.25, 0.3) is 5.91 Å². The van der Waals surface area contributed by atoms with Crippen molar-refractivity contribution in [3.63, 3.8) is 0 Å². The Hall–Kier alpha value is -4.97. The highest BCUT2D eigenvalue weighted by Crippen LogP contribution is 2.31. The number of rotatable bonds is 9. The van der Waals surface area contributed by atoms with E-state index in [1.54, 1.807) is 99.8 Å². The van der Waals surface area contributed by atoms with E-state index < -0.39 is 18.2 Å². The number of likely N-dealkylation sites (N-methyl/N-ethyl adjacent to an activating group) is 1. The van der Waals surface area contributed by atoms with E-state index in [2.05, 4.69) is 16.0 Å². The van der Waals surface area contributed by atoms with E-state index in [-0.39, 0.29) is 43.1 Å². The molecule has 0 aromatic heterocycles. The Morgan fingerprint density at radius 2 is 1.50 bits per heavy atom. The molecule has 12 nitrogen and oxygen atoms in total. The van der Waals surface area contributed by atoms with Crippen LogP contribution in [0, 0.1) is 5.92 Å². The van der Waals surface area contributed by atoms with Crippen molar-refractivity contribution in [3.05, 3.63) is 72.3 Å². The van der Waals surface area contributed by atoms with Gasteiger partial charge < -0.3 is 45.1 Å². The minimum Gasteiger partial charge on any atom is -0.497 e. The van der Waals surface area contributed by atoms with Gasteiger partial charge in [-0.05, 0) is 73.7 Å². The molecule has 1 aliphatic heterocycles. The SMILES string of the molecule is COc1ccc(NC(=O)Nc2ccc3c(c2)C(=O)N([C@@H](C)CO)C[C@H](C)[C@@H](CN(C)C(=O)Nc2ccc(OC)cc2)O3)cc1. The van der Waals surface area contributed by atoms with Crippen molar-refractivity contribution >= 4 is 35.0 Å². The van der Waals surface area contributed by atoms with Crippen molar-refractivity contribution in [1.82, 2.24) is 9.80 Å². The Morgan fingerprint density at radius 1 is 0.955 bits per heavy atom. The number of ether oxygens (including phenoxy) is 3. The van der Waals surface area contributed by atoms with Gasteiger partial charge in [0, 0.05) is 36.6 Å². The molecule has 0 fully saturated rings. The van der Waals surface area contributed by atoms with Gasteiger partial charge in [0.2, 0.25) is 0 Å². The van der Waals surface area contributed by atoms with Crippen molar-refractivity contribution in [3.8, 4) is 17.2 Å². The number of hydrogen-bond donors (Lipinski definition) is 4. The smallest absolute Gasteiger partial charge is 0.323 e. The summed E-state index contributed by atoms with van der Waals surface area (Å²) in [5.41, 5.74) is 1.79. The highest BCUT2D eigenvalue weighted by molar-refractivity contribution is 6.02. The second-order valence-electron chi connectivity index (χ2n) is 10.7. The standard InChI is InChI=1S/C32H39N5O7/c1-20-17-37(21(2)19-38)30(39)27-16-24(34-31(40)33-22-6-11-25(42-4)12-7-22)10-15-28(27)44-29(20)18-36(3)32(41)35-23-8-13-26(43-5)14-9-23/h6-16,20-21,29,38H,17-19H2,1-5H3,(H,35,41)(H2,33,34,40)/t20-,21-,29+/m0/s1. The molecule has 5 amide bonds.